The third-order valence-corrected chi connectivity index (χ3v) is 11.9. The average molecular weight is 744 g/mol. The highest BCUT2D eigenvalue weighted by Gasteiger charge is 2.47. The summed E-state index contributed by atoms with van der Waals surface area (Å²) in [6.45, 7) is 6.85. The normalized spacial score (nSPS) is 23.5. The van der Waals surface area contributed by atoms with Crippen molar-refractivity contribution in [1.82, 2.24) is 15.1 Å². The summed E-state index contributed by atoms with van der Waals surface area (Å²) >= 11 is 0. The van der Waals surface area contributed by atoms with Crippen molar-refractivity contribution in [2.24, 2.45) is 5.73 Å². The van der Waals surface area contributed by atoms with Crippen LogP contribution < -0.4 is 21.3 Å². The second-order valence-corrected chi connectivity index (χ2v) is 15.6. The fourth-order valence-electron chi connectivity index (χ4n) is 8.58. The molecule has 3 heterocycles. The van der Waals surface area contributed by atoms with Crippen LogP contribution in [-0.2, 0) is 19.8 Å². The molecule has 1 unspecified atom stereocenters. The summed E-state index contributed by atoms with van der Waals surface area (Å²) in [6, 6.07) is 18.3. The zero-order valence-corrected chi connectivity index (χ0v) is 30.9. The summed E-state index contributed by atoms with van der Waals surface area (Å²) < 4.78 is 15.3. The van der Waals surface area contributed by atoms with Gasteiger partial charge in [0, 0.05) is 54.2 Å². The number of likely N-dealkylation sites (tertiary alicyclic amines) is 1. The number of rotatable bonds is 10. The van der Waals surface area contributed by atoms with E-state index >= 15 is 4.39 Å². The van der Waals surface area contributed by atoms with Gasteiger partial charge in [-0.3, -0.25) is 39.1 Å². The van der Waals surface area contributed by atoms with Crippen LogP contribution in [-0.4, -0.2) is 76.5 Å². The standard InChI is InChI=1S/C42H42FN7O5/c1-22-4-5-25(38(23(2)45)24(3)51)14-36(22)49(28-8-6-26(7-9-28)42(21-44)12-13-42)30-19-48(20-30)29-15-27(16-29)46-34-18-32-31(17-33(34)43)40(54)50(41(32)55)35-10-11-37(52)47-39(35)53/h4-9,14,17-18,27,29-30,35,46H,10-13,15-16,19-20,45H2,1-3H3,(H,47,52,53). The van der Waals surface area contributed by atoms with Crippen molar-refractivity contribution in [2.45, 2.75) is 88.9 Å². The SMILES string of the molecule is CC(=O)C(=C(C)N)c1ccc(C)c(N(c2ccc(C3(C#N)CC3)cc2)C2CN(C3CC(Nc4cc5c(cc4F)C(=O)N(C4CCC(=O)NC4=O)C5=O)C3)C2)c1. The van der Waals surface area contributed by atoms with Gasteiger partial charge in [-0.2, -0.15) is 5.26 Å². The highest BCUT2D eigenvalue weighted by Crippen LogP contribution is 2.48. The van der Waals surface area contributed by atoms with Crippen LogP contribution in [0.15, 0.2) is 60.3 Å². The fourth-order valence-corrected chi connectivity index (χ4v) is 8.58. The molecule has 2 aliphatic carbocycles. The molecule has 2 saturated carbocycles. The number of halogens is 1. The Labute approximate surface area is 318 Å². The van der Waals surface area contributed by atoms with Crippen molar-refractivity contribution in [1.29, 1.82) is 5.26 Å². The van der Waals surface area contributed by atoms with Crippen molar-refractivity contribution >= 4 is 52.0 Å². The maximum absolute atomic E-state index is 15.3. The van der Waals surface area contributed by atoms with Gasteiger partial charge < -0.3 is 16.0 Å². The second kappa shape index (κ2) is 13.5. The van der Waals surface area contributed by atoms with Crippen LogP contribution in [0.2, 0.25) is 0 Å². The monoisotopic (exact) mass is 743 g/mol. The molecule has 12 nitrogen and oxygen atoms in total. The Morgan fingerprint density at radius 2 is 1.67 bits per heavy atom. The maximum atomic E-state index is 15.3. The Morgan fingerprint density at radius 1 is 1.00 bits per heavy atom. The van der Waals surface area contributed by atoms with E-state index < -0.39 is 40.9 Å². The van der Waals surface area contributed by atoms with Gasteiger partial charge in [0.25, 0.3) is 11.8 Å². The summed E-state index contributed by atoms with van der Waals surface area (Å²) in [5.74, 6) is -3.37. The number of nitrogens with one attached hydrogen (secondary N) is 2. The van der Waals surface area contributed by atoms with Crippen molar-refractivity contribution in [3.8, 4) is 6.07 Å². The Kier molecular flexibility index (Phi) is 8.84. The predicted molar refractivity (Wildman–Crippen MR) is 203 cm³/mol. The van der Waals surface area contributed by atoms with E-state index in [1.54, 1.807) is 6.92 Å². The molecule has 5 aliphatic rings. The summed E-state index contributed by atoms with van der Waals surface area (Å²) in [6.07, 6.45) is 3.25. The van der Waals surface area contributed by atoms with E-state index in [0.717, 1.165) is 77.8 Å². The number of hydrogen-bond donors (Lipinski definition) is 3. The highest BCUT2D eigenvalue weighted by atomic mass is 19.1. The van der Waals surface area contributed by atoms with Gasteiger partial charge in [-0.05, 0) is 99.9 Å². The summed E-state index contributed by atoms with van der Waals surface area (Å²) in [4.78, 5) is 68.6. The lowest BCUT2D eigenvalue weighted by Gasteiger charge is -2.54. The summed E-state index contributed by atoms with van der Waals surface area (Å²) in [5.41, 5.74) is 11.6. The van der Waals surface area contributed by atoms with Gasteiger partial charge >= 0.3 is 0 Å². The van der Waals surface area contributed by atoms with Crippen molar-refractivity contribution in [3.05, 3.63) is 93.9 Å². The molecule has 8 rings (SSSR count). The first-order chi connectivity index (χ1) is 26.3. The first kappa shape index (κ1) is 36.1. The van der Waals surface area contributed by atoms with Gasteiger partial charge in [0.15, 0.2) is 5.78 Å². The van der Waals surface area contributed by atoms with Crippen molar-refractivity contribution < 1.29 is 28.4 Å². The van der Waals surface area contributed by atoms with Gasteiger partial charge in [0.1, 0.15) is 11.9 Å². The van der Waals surface area contributed by atoms with Gasteiger partial charge in [-0.1, -0.05) is 24.3 Å². The minimum absolute atomic E-state index is 0.00152. The van der Waals surface area contributed by atoms with E-state index in [9.17, 15) is 29.2 Å². The number of nitrogens with zero attached hydrogens (tertiary/aromatic N) is 4. The van der Waals surface area contributed by atoms with E-state index in [0.29, 0.717) is 11.3 Å². The van der Waals surface area contributed by atoms with Gasteiger partial charge in [-0.15, -0.1) is 0 Å². The first-order valence-corrected chi connectivity index (χ1v) is 18.7. The summed E-state index contributed by atoms with van der Waals surface area (Å²) in [7, 11) is 0. The molecular weight excluding hydrogens is 702 g/mol. The van der Waals surface area contributed by atoms with E-state index in [1.807, 2.05) is 18.2 Å². The number of benzene rings is 3. The van der Waals surface area contributed by atoms with E-state index in [4.69, 9.17) is 5.73 Å². The van der Waals surface area contributed by atoms with Gasteiger partial charge in [0.05, 0.1) is 34.3 Å². The molecule has 13 heteroatoms. The van der Waals surface area contributed by atoms with E-state index in [2.05, 4.69) is 57.7 Å². The summed E-state index contributed by atoms with van der Waals surface area (Å²) in [5, 5.41) is 15.2. The molecule has 0 radical (unpaired) electrons. The first-order valence-electron chi connectivity index (χ1n) is 18.7. The lowest BCUT2D eigenvalue weighted by molar-refractivity contribution is -0.136. The zero-order valence-electron chi connectivity index (χ0n) is 30.9. The molecule has 0 aromatic heterocycles. The number of Topliss-reactive ketones (excluding diaryl/α,β-unsaturated/α-hetero) is 1. The number of ketones is 1. The molecule has 3 aromatic carbocycles. The number of hydrogen-bond acceptors (Lipinski definition) is 10. The molecule has 4 N–H and O–H groups in total. The third kappa shape index (κ3) is 6.24. The van der Waals surface area contributed by atoms with Crippen LogP contribution in [0.5, 0.6) is 0 Å². The molecule has 1 atom stereocenters. The maximum Gasteiger partial charge on any atom is 0.262 e. The minimum atomic E-state index is -1.12. The van der Waals surface area contributed by atoms with Crippen LogP contribution in [0.1, 0.15) is 89.8 Å². The fraction of sp³-hybridized carbons (Fsp3) is 0.381. The lowest BCUT2D eigenvalue weighted by atomic mass is 9.82. The number of carbonyl (C=O) groups excluding carboxylic acids is 5. The number of piperidine rings is 1. The Balaban J connectivity index is 0.963. The van der Waals surface area contributed by atoms with Crippen LogP contribution in [0.25, 0.3) is 5.57 Å². The second-order valence-electron chi connectivity index (χ2n) is 15.6. The number of fused-ring (bicyclic) bond motifs is 1. The third-order valence-electron chi connectivity index (χ3n) is 11.9. The molecule has 3 aromatic rings. The number of aryl methyl sites for hydroxylation is 1. The van der Waals surface area contributed by atoms with Crippen LogP contribution in [0.3, 0.4) is 0 Å². The van der Waals surface area contributed by atoms with Crippen molar-refractivity contribution in [2.75, 3.05) is 23.3 Å². The van der Waals surface area contributed by atoms with Crippen LogP contribution in [0.4, 0.5) is 21.5 Å². The molecule has 3 aliphatic heterocycles. The van der Waals surface area contributed by atoms with Crippen molar-refractivity contribution in [3.63, 3.8) is 0 Å². The average Bonchev–Trinajstić information content (AvgIpc) is 3.87. The van der Waals surface area contributed by atoms with Crippen LogP contribution >= 0.6 is 0 Å². The van der Waals surface area contributed by atoms with Gasteiger partial charge in [-0.25, -0.2) is 4.39 Å². The molecular formula is C42H42FN7O5. The topological polar surface area (TPSA) is 169 Å². The number of allylic oxidation sites excluding steroid dienone is 2. The molecule has 4 fully saturated rings. The molecule has 0 bridgehead atoms. The van der Waals surface area contributed by atoms with Gasteiger partial charge in [0.2, 0.25) is 11.8 Å². The van der Waals surface area contributed by atoms with E-state index in [-0.39, 0.29) is 53.6 Å². The highest BCUT2D eigenvalue weighted by molar-refractivity contribution is 6.24. The Morgan fingerprint density at radius 3 is 2.27 bits per heavy atom. The lowest BCUT2D eigenvalue weighted by Crippen LogP contribution is -2.65. The number of amides is 4. The van der Waals surface area contributed by atoms with Crippen LogP contribution in [0, 0.1) is 24.1 Å². The zero-order chi connectivity index (χ0) is 38.9. The quantitative estimate of drug-likeness (QED) is 0.193. The number of nitrogens with two attached hydrogens (primary N) is 1. The Bertz CT molecular complexity index is 2240. The molecule has 282 valence electrons. The number of imide groups is 2. The van der Waals surface area contributed by atoms with E-state index in [1.165, 1.54) is 13.0 Å². The minimum Gasteiger partial charge on any atom is -0.402 e. The predicted octanol–water partition coefficient (Wildman–Crippen LogP) is 4.83. The smallest absolute Gasteiger partial charge is 0.262 e. The largest absolute Gasteiger partial charge is 0.402 e. The molecule has 0 spiro atoms. The number of carbonyl (C=O) groups is 5. The Hall–Kier alpha value is -5.87. The molecule has 2 saturated heterocycles. The molecule has 4 amide bonds. The number of anilines is 3. The molecule has 55 heavy (non-hydrogen) atoms. The number of nitriles is 1.